The Hall–Kier alpha value is -1.75. The number of thioether (sulfide) groups is 1. The fourth-order valence-corrected chi connectivity index (χ4v) is 3.51. The average molecular weight is 315 g/mol. The van der Waals surface area contributed by atoms with Gasteiger partial charge < -0.3 is 9.64 Å². The van der Waals surface area contributed by atoms with Gasteiger partial charge in [-0.15, -0.1) is 0 Å². The summed E-state index contributed by atoms with van der Waals surface area (Å²) < 4.78 is 5.81. The van der Waals surface area contributed by atoms with Gasteiger partial charge in [-0.25, -0.2) is 4.98 Å². The van der Waals surface area contributed by atoms with E-state index >= 15 is 0 Å². The van der Waals surface area contributed by atoms with E-state index in [1.54, 1.807) is 6.20 Å². The van der Waals surface area contributed by atoms with Crippen LogP contribution in [-0.4, -0.2) is 34.1 Å². The number of anilines is 1. The molecule has 5 heteroatoms. The Morgan fingerprint density at radius 1 is 1.23 bits per heavy atom. The van der Waals surface area contributed by atoms with Gasteiger partial charge >= 0.3 is 0 Å². The summed E-state index contributed by atoms with van der Waals surface area (Å²) >= 11 is 2.00. The maximum absolute atomic E-state index is 5.81. The Bertz CT molecular complexity index is 593. The summed E-state index contributed by atoms with van der Waals surface area (Å²) in [6.07, 6.45) is 2.95. The number of aromatic nitrogens is 2. The highest BCUT2D eigenvalue weighted by molar-refractivity contribution is 7.99. The molecule has 0 spiro atoms. The van der Waals surface area contributed by atoms with Gasteiger partial charge in [0.05, 0.1) is 0 Å². The van der Waals surface area contributed by atoms with Crippen LogP contribution >= 0.6 is 11.8 Å². The zero-order valence-electron chi connectivity index (χ0n) is 12.8. The number of ether oxygens (including phenoxy) is 1. The molecule has 2 aromatic rings. The first-order valence-corrected chi connectivity index (χ1v) is 8.82. The third-order valence-electron chi connectivity index (χ3n) is 3.79. The quantitative estimate of drug-likeness (QED) is 0.864. The van der Waals surface area contributed by atoms with Gasteiger partial charge in [0, 0.05) is 30.6 Å². The molecule has 0 N–H and O–H groups in total. The first-order chi connectivity index (χ1) is 10.8. The number of hydrogen-bond donors (Lipinski definition) is 0. The van der Waals surface area contributed by atoms with Gasteiger partial charge in [-0.05, 0) is 24.7 Å². The highest BCUT2D eigenvalue weighted by atomic mass is 32.2. The molecule has 22 heavy (non-hydrogen) atoms. The van der Waals surface area contributed by atoms with Crippen LogP contribution in [0.25, 0.3) is 0 Å². The minimum absolute atomic E-state index is 0.472. The Labute approximate surface area is 135 Å². The van der Waals surface area contributed by atoms with E-state index in [4.69, 9.17) is 4.74 Å². The minimum Gasteiger partial charge on any atom is -0.473 e. The molecule has 0 bridgehead atoms. The van der Waals surface area contributed by atoms with Crippen LogP contribution in [0.2, 0.25) is 0 Å². The van der Waals surface area contributed by atoms with E-state index in [2.05, 4.69) is 33.9 Å². The molecule has 1 aliphatic heterocycles. The molecule has 0 saturated carbocycles. The highest BCUT2D eigenvalue weighted by Gasteiger charge is 2.20. The van der Waals surface area contributed by atoms with Crippen LogP contribution < -0.4 is 9.64 Å². The van der Waals surface area contributed by atoms with Gasteiger partial charge in [0.1, 0.15) is 6.61 Å². The van der Waals surface area contributed by atoms with Crippen LogP contribution in [0, 0.1) is 0 Å². The minimum atomic E-state index is 0.472. The van der Waals surface area contributed by atoms with Crippen molar-refractivity contribution in [2.75, 3.05) is 23.0 Å². The SMILES string of the molecule is CC1CCSCCN1c1nccc(OCc2ccccc2)n1. The summed E-state index contributed by atoms with van der Waals surface area (Å²) in [6, 6.07) is 12.4. The molecule has 0 radical (unpaired) electrons. The zero-order valence-corrected chi connectivity index (χ0v) is 13.6. The van der Waals surface area contributed by atoms with E-state index in [0.29, 0.717) is 18.5 Å². The smallest absolute Gasteiger partial charge is 0.228 e. The van der Waals surface area contributed by atoms with Crippen molar-refractivity contribution < 1.29 is 4.74 Å². The van der Waals surface area contributed by atoms with Crippen LogP contribution in [-0.2, 0) is 6.61 Å². The number of rotatable bonds is 4. The molecule has 0 amide bonds. The van der Waals surface area contributed by atoms with Crippen LogP contribution in [0.4, 0.5) is 5.95 Å². The predicted molar refractivity (Wildman–Crippen MR) is 91.6 cm³/mol. The monoisotopic (exact) mass is 315 g/mol. The molecular formula is C17H21N3OS. The topological polar surface area (TPSA) is 38.2 Å². The fraction of sp³-hybridized carbons (Fsp3) is 0.412. The molecule has 3 rings (SSSR count). The summed E-state index contributed by atoms with van der Waals surface area (Å²) in [7, 11) is 0. The molecule has 2 heterocycles. The summed E-state index contributed by atoms with van der Waals surface area (Å²) in [5.41, 5.74) is 1.14. The molecule has 1 aliphatic rings. The van der Waals surface area contributed by atoms with Crippen molar-refractivity contribution in [3.05, 3.63) is 48.2 Å². The van der Waals surface area contributed by atoms with Crippen LogP contribution in [0.5, 0.6) is 5.88 Å². The summed E-state index contributed by atoms with van der Waals surface area (Å²) in [5, 5.41) is 0. The predicted octanol–water partition coefficient (Wildman–Crippen LogP) is 3.39. The van der Waals surface area contributed by atoms with Crippen molar-refractivity contribution in [3.8, 4) is 5.88 Å². The van der Waals surface area contributed by atoms with Crippen LogP contribution in [0.3, 0.4) is 0 Å². The van der Waals surface area contributed by atoms with Gasteiger partial charge in [0.25, 0.3) is 0 Å². The Morgan fingerprint density at radius 2 is 2.09 bits per heavy atom. The van der Waals surface area contributed by atoms with E-state index < -0.39 is 0 Å². The Morgan fingerprint density at radius 3 is 2.95 bits per heavy atom. The molecule has 1 aromatic carbocycles. The molecule has 116 valence electrons. The molecular weight excluding hydrogens is 294 g/mol. The lowest BCUT2D eigenvalue weighted by atomic mass is 10.2. The lowest BCUT2D eigenvalue weighted by molar-refractivity contribution is 0.293. The van der Waals surface area contributed by atoms with Crippen molar-refractivity contribution in [1.82, 2.24) is 9.97 Å². The molecule has 1 fully saturated rings. The second kappa shape index (κ2) is 7.49. The van der Waals surface area contributed by atoms with Gasteiger partial charge in [0.15, 0.2) is 0 Å². The normalized spacial score (nSPS) is 18.8. The third-order valence-corrected chi connectivity index (χ3v) is 4.79. The lowest BCUT2D eigenvalue weighted by Crippen LogP contribution is -2.35. The average Bonchev–Trinajstić information content (AvgIpc) is 2.79. The number of benzene rings is 1. The van der Waals surface area contributed by atoms with Crippen LogP contribution in [0.1, 0.15) is 18.9 Å². The van der Waals surface area contributed by atoms with Crippen molar-refractivity contribution in [2.24, 2.45) is 0 Å². The lowest BCUT2D eigenvalue weighted by Gasteiger charge is -2.26. The first kappa shape index (κ1) is 15.2. The maximum Gasteiger partial charge on any atom is 0.228 e. The molecule has 0 aliphatic carbocycles. The van der Waals surface area contributed by atoms with E-state index in [1.807, 2.05) is 36.0 Å². The van der Waals surface area contributed by atoms with E-state index in [-0.39, 0.29) is 0 Å². The number of nitrogens with zero attached hydrogens (tertiary/aromatic N) is 3. The summed E-state index contributed by atoms with van der Waals surface area (Å²) in [6.45, 7) is 3.77. The fourth-order valence-electron chi connectivity index (χ4n) is 2.47. The number of hydrogen-bond acceptors (Lipinski definition) is 5. The second-order valence-electron chi connectivity index (χ2n) is 5.41. The van der Waals surface area contributed by atoms with E-state index in [1.165, 1.54) is 12.2 Å². The van der Waals surface area contributed by atoms with E-state index in [9.17, 15) is 0 Å². The summed E-state index contributed by atoms with van der Waals surface area (Å²) in [5.74, 6) is 3.75. The van der Waals surface area contributed by atoms with Crippen molar-refractivity contribution >= 4 is 17.7 Å². The maximum atomic E-state index is 5.81. The summed E-state index contributed by atoms with van der Waals surface area (Å²) in [4.78, 5) is 11.3. The highest BCUT2D eigenvalue weighted by Crippen LogP contribution is 2.22. The van der Waals surface area contributed by atoms with Crippen LogP contribution in [0.15, 0.2) is 42.6 Å². The largest absolute Gasteiger partial charge is 0.473 e. The van der Waals surface area contributed by atoms with Gasteiger partial charge in [-0.2, -0.15) is 16.7 Å². The van der Waals surface area contributed by atoms with Gasteiger partial charge in [0.2, 0.25) is 11.8 Å². The molecule has 1 saturated heterocycles. The van der Waals surface area contributed by atoms with E-state index in [0.717, 1.165) is 23.8 Å². The second-order valence-corrected chi connectivity index (χ2v) is 6.64. The van der Waals surface area contributed by atoms with Crippen molar-refractivity contribution in [1.29, 1.82) is 0 Å². The van der Waals surface area contributed by atoms with Crippen molar-refractivity contribution in [3.63, 3.8) is 0 Å². The third kappa shape index (κ3) is 3.91. The standard InChI is InChI=1S/C17H21N3OS/c1-14-8-11-22-12-10-20(14)17-18-9-7-16(19-17)21-13-15-5-3-2-4-6-15/h2-7,9,14H,8,10-13H2,1H3. The Kier molecular flexibility index (Phi) is 5.16. The molecule has 1 aromatic heterocycles. The first-order valence-electron chi connectivity index (χ1n) is 7.67. The molecule has 4 nitrogen and oxygen atoms in total. The molecule has 1 atom stereocenters. The Balaban J connectivity index is 1.69. The van der Waals surface area contributed by atoms with Crippen molar-refractivity contribution in [2.45, 2.75) is 26.0 Å². The molecule has 1 unspecified atom stereocenters. The zero-order chi connectivity index (χ0) is 15.2. The van der Waals surface area contributed by atoms with Gasteiger partial charge in [-0.3, -0.25) is 0 Å². The van der Waals surface area contributed by atoms with Gasteiger partial charge in [-0.1, -0.05) is 30.3 Å².